The zero-order chi connectivity index (χ0) is 27.7. The Hall–Kier alpha value is -3.16. The molecule has 0 unspecified atom stereocenters. The number of benzene rings is 1. The zero-order valence-corrected chi connectivity index (χ0v) is 23.6. The lowest BCUT2D eigenvalue weighted by molar-refractivity contribution is 0.502. The minimum absolute atomic E-state index is 0.0163. The molecular weight excluding hydrogens is 567 g/mol. The predicted molar refractivity (Wildman–Crippen MR) is 147 cm³/mol. The molecule has 1 aliphatic heterocycles. The summed E-state index contributed by atoms with van der Waals surface area (Å²) >= 11 is 6.51. The van der Waals surface area contributed by atoms with Crippen LogP contribution in [0.3, 0.4) is 0 Å². The van der Waals surface area contributed by atoms with Crippen molar-refractivity contribution < 1.29 is 21.2 Å². The average Bonchev–Trinajstić information content (AvgIpc) is 3.29. The van der Waals surface area contributed by atoms with Crippen LogP contribution in [-0.2, 0) is 20.0 Å². The van der Waals surface area contributed by atoms with Gasteiger partial charge in [0.1, 0.15) is 16.5 Å². The molecule has 4 aromatic rings. The molecule has 4 heterocycles. The van der Waals surface area contributed by atoms with Gasteiger partial charge in [-0.15, -0.1) is 5.10 Å². The summed E-state index contributed by atoms with van der Waals surface area (Å²) in [5, 5.41) is 4.13. The number of halogens is 2. The first-order chi connectivity index (χ1) is 18.4. The highest BCUT2D eigenvalue weighted by molar-refractivity contribution is 7.91. The second kappa shape index (κ2) is 8.93. The van der Waals surface area contributed by atoms with Gasteiger partial charge in [-0.3, -0.25) is 3.97 Å². The van der Waals surface area contributed by atoms with E-state index in [2.05, 4.69) is 19.9 Å². The van der Waals surface area contributed by atoms with Crippen molar-refractivity contribution >= 4 is 54.2 Å². The van der Waals surface area contributed by atoms with Crippen LogP contribution in [0, 0.1) is 5.82 Å². The number of hydrogen-bond donors (Lipinski definition) is 0. The van der Waals surface area contributed by atoms with Crippen LogP contribution in [0.4, 0.5) is 16.0 Å². The van der Waals surface area contributed by atoms with Crippen molar-refractivity contribution in [3.8, 4) is 0 Å². The van der Waals surface area contributed by atoms with Crippen molar-refractivity contribution in [3.05, 3.63) is 65.8 Å². The molecular formula is C25H26ClFN6O4S2. The highest BCUT2D eigenvalue weighted by atomic mass is 35.5. The molecule has 206 valence electrons. The van der Waals surface area contributed by atoms with Crippen molar-refractivity contribution in [1.29, 1.82) is 0 Å². The lowest BCUT2D eigenvalue weighted by atomic mass is 10.1. The molecule has 0 N–H and O–H groups in total. The number of rotatable bonds is 6. The van der Waals surface area contributed by atoms with Gasteiger partial charge in [0, 0.05) is 44.3 Å². The van der Waals surface area contributed by atoms with Crippen LogP contribution in [0.5, 0.6) is 0 Å². The molecule has 6 rings (SSSR count). The van der Waals surface area contributed by atoms with Crippen LogP contribution in [0.25, 0.3) is 10.9 Å². The molecule has 10 nitrogen and oxygen atoms in total. The van der Waals surface area contributed by atoms with Crippen molar-refractivity contribution in [2.24, 2.45) is 0 Å². The Balaban J connectivity index is 1.45. The number of hydrogen-bond acceptors (Lipinski definition) is 8. The summed E-state index contributed by atoms with van der Waals surface area (Å²) < 4.78 is 68.9. The van der Waals surface area contributed by atoms with Gasteiger partial charge in [-0.2, -0.15) is 12.5 Å². The fourth-order valence-electron chi connectivity index (χ4n) is 5.12. The van der Waals surface area contributed by atoms with E-state index in [0.29, 0.717) is 30.8 Å². The topological polar surface area (TPSA) is 110 Å². The van der Waals surface area contributed by atoms with Gasteiger partial charge in [0.15, 0.2) is 5.82 Å². The zero-order valence-electron chi connectivity index (χ0n) is 21.2. The molecule has 2 aliphatic rings. The van der Waals surface area contributed by atoms with Crippen LogP contribution < -0.4 is 9.80 Å². The Bertz CT molecular complexity index is 1800. The summed E-state index contributed by atoms with van der Waals surface area (Å²) in [6.07, 6.45) is 5.69. The Kier molecular flexibility index (Phi) is 5.97. The summed E-state index contributed by atoms with van der Waals surface area (Å²) in [5.41, 5.74) is -0.310. The number of fused-ring (bicyclic) bond motifs is 1. The van der Waals surface area contributed by atoms with E-state index in [1.807, 2.05) is 18.2 Å². The van der Waals surface area contributed by atoms with E-state index in [-0.39, 0.29) is 21.0 Å². The summed E-state index contributed by atoms with van der Waals surface area (Å²) in [6, 6.07) is 9.16. The van der Waals surface area contributed by atoms with E-state index >= 15 is 0 Å². The van der Waals surface area contributed by atoms with Gasteiger partial charge in [0.25, 0.3) is 10.0 Å². The number of aromatic nitrogens is 4. The van der Waals surface area contributed by atoms with Gasteiger partial charge in [-0.1, -0.05) is 17.7 Å². The molecule has 1 aliphatic carbocycles. The molecule has 0 bridgehead atoms. The van der Waals surface area contributed by atoms with E-state index in [0.717, 1.165) is 45.0 Å². The molecule has 1 saturated heterocycles. The van der Waals surface area contributed by atoms with Gasteiger partial charge in [0.05, 0.1) is 26.7 Å². The average molecular weight is 593 g/mol. The van der Waals surface area contributed by atoms with Crippen LogP contribution in [0.2, 0.25) is 5.02 Å². The first kappa shape index (κ1) is 26.1. The highest BCUT2D eigenvalue weighted by Gasteiger charge is 2.53. The molecule has 2 fully saturated rings. The molecule has 3 aromatic heterocycles. The monoisotopic (exact) mass is 592 g/mol. The maximum Gasteiger partial charge on any atom is 0.285 e. The van der Waals surface area contributed by atoms with Crippen molar-refractivity contribution in [2.75, 3.05) is 29.4 Å². The minimum Gasteiger partial charge on any atom is -0.352 e. The van der Waals surface area contributed by atoms with Crippen molar-refractivity contribution in [1.82, 2.24) is 18.1 Å². The largest absolute Gasteiger partial charge is 0.352 e. The van der Waals surface area contributed by atoms with Gasteiger partial charge in [0.2, 0.25) is 10.0 Å². The van der Waals surface area contributed by atoms with Gasteiger partial charge in [-0.25, -0.2) is 17.8 Å². The molecule has 1 aromatic carbocycles. The number of pyridine rings is 1. The molecule has 0 atom stereocenters. The first-order valence-corrected chi connectivity index (χ1v) is 15.8. The summed E-state index contributed by atoms with van der Waals surface area (Å²) in [6.45, 7) is 4.82. The fourth-order valence-corrected chi connectivity index (χ4v) is 7.72. The van der Waals surface area contributed by atoms with E-state index in [9.17, 15) is 21.2 Å². The second-order valence-corrected chi connectivity index (χ2v) is 14.8. The van der Waals surface area contributed by atoms with Crippen molar-refractivity contribution in [3.63, 3.8) is 0 Å². The quantitative estimate of drug-likeness (QED) is 0.333. The Labute approximate surface area is 230 Å². The third-order valence-electron chi connectivity index (χ3n) is 7.41. The van der Waals surface area contributed by atoms with Gasteiger partial charge < -0.3 is 9.80 Å². The molecule has 14 heteroatoms. The molecule has 1 spiro atoms. The Morgan fingerprint density at radius 2 is 1.85 bits per heavy atom. The minimum atomic E-state index is -4.40. The predicted octanol–water partition coefficient (Wildman–Crippen LogP) is 3.71. The van der Waals surface area contributed by atoms with Crippen LogP contribution in [-0.4, -0.2) is 65.4 Å². The van der Waals surface area contributed by atoms with E-state index < -0.39 is 31.1 Å². The maximum absolute atomic E-state index is 14.5. The van der Waals surface area contributed by atoms with E-state index in [1.165, 1.54) is 26.1 Å². The van der Waals surface area contributed by atoms with E-state index in [4.69, 9.17) is 11.6 Å². The normalized spacial score (nSPS) is 17.5. The second-order valence-electron chi connectivity index (χ2n) is 10.2. The number of anilines is 2. The first-order valence-electron chi connectivity index (χ1n) is 12.4. The van der Waals surface area contributed by atoms with Gasteiger partial charge in [-0.05, 0) is 51.0 Å². The summed E-state index contributed by atoms with van der Waals surface area (Å²) in [7, 11) is -8.18. The van der Waals surface area contributed by atoms with Crippen LogP contribution in [0.1, 0.15) is 26.7 Å². The Morgan fingerprint density at radius 1 is 1.08 bits per heavy atom. The fraction of sp³-hybridized carbons (Fsp3) is 0.360. The molecule has 1 saturated carbocycles. The summed E-state index contributed by atoms with van der Waals surface area (Å²) in [4.78, 5) is 8.44. The number of piperazine rings is 1. The van der Waals surface area contributed by atoms with Crippen molar-refractivity contribution in [2.45, 2.75) is 42.4 Å². The molecule has 39 heavy (non-hydrogen) atoms. The smallest absolute Gasteiger partial charge is 0.285 e. The molecule has 0 radical (unpaired) electrons. The third kappa shape index (κ3) is 4.18. The van der Waals surface area contributed by atoms with Crippen LogP contribution >= 0.6 is 11.6 Å². The highest BCUT2D eigenvalue weighted by Crippen LogP contribution is 2.49. The van der Waals surface area contributed by atoms with Crippen LogP contribution in [0.15, 0.2) is 59.9 Å². The summed E-state index contributed by atoms with van der Waals surface area (Å²) in [5.74, 6) is 0.504. The SMILES string of the molecule is CC(C)S(=O)(=O)n1ccc(S(=O)(=O)n2nc(N3CCN(c4ccccn4)CC34CC4)c3c(Cl)cc(F)cc32)c1. The molecule has 0 amide bonds. The lowest BCUT2D eigenvalue weighted by Crippen LogP contribution is -2.55. The van der Waals surface area contributed by atoms with Gasteiger partial charge >= 0.3 is 0 Å². The Morgan fingerprint density at radius 3 is 2.51 bits per heavy atom. The third-order valence-corrected chi connectivity index (χ3v) is 11.3. The number of nitrogens with zero attached hydrogens (tertiary/aromatic N) is 6. The van der Waals surface area contributed by atoms with E-state index in [1.54, 1.807) is 6.20 Å². The lowest BCUT2D eigenvalue weighted by Gasteiger charge is -2.43. The maximum atomic E-state index is 14.5. The standard InChI is InChI=1S/C25H26ClFN6O4S2/c1-17(2)38(34,35)31-10-6-19(15-31)39(36,37)33-21-14-18(27)13-20(26)23(21)24(29-33)32-12-11-30(16-25(32)7-8-25)22-5-3-4-9-28-22/h3-6,9-10,13-15,17H,7-8,11-12,16H2,1-2H3.